The van der Waals surface area contributed by atoms with E-state index in [-0.39, 0.29) is 11.6 Å². The van der Waals surface area contributed by atoms with Gasteiger partial charge in [-0.15, -0.1) is 0 Å². The Morgan fingerprint density at radius 1 is 1.31 bits per heavy atom. The third-order valence-corrected chi connectivity index (χ3v) is 5.21. The van der Waals surface area contributed by atoms with Crippen LogP contribution < -0.4 is 0 Å². The molecular weight excluding hydrogens is 200 g/mol. The van der Waals surface area contributed by atoms with Crippen molar-refractivity contribution in [2.75, 3.05) is 0 Å². The summed E-state index contributed by atoms with van der Waals surface area (Å²) < 4.78 is 5.79. The smallest absolute Gasteiger partial charge is 0.333 e. The molecule has 2 nitrogen and oxygen atoms in total. The quantitative estimate of drug-likeness (QED) is 0.528. The summed E-state index contributed by atoms with van der Waals surface area (Å²) in [6.45, 7) is 7.57. The normalized spacial score (nSPS) is 48.4. The summed E-state index contributed by atoms with van der Waals surface area (Å²) >= 11 is 0. The molecule has 0 aliphatic heterocycles. The van der Waals surface area contributed by atoms with Gasteiger partial charge in [0.05, 0.1) is 0 Å². The van der Waals surface area contributed by atoms with E-state index in [0.717, 1.165) is 11.8 Å². The zero-order valence-corrected chi connectivity index (χ0v) is 10.2. The zero-order chi connectivity index (χ0) is 11.5. The lowest BCUT2D eigenvalue weighted by Gasteiger charge is -2.41. The molecule has 4 rings (SSSR count). The number of ether oxygens (including phenoxy) is 1. The van der Waals surface area contributed by atoms with E-state index in [2.05, 4.69) is 13.5 Å². The van der Waals surface area contributed by atoms with E-state index in [0.29, 0.717) is 17.4 Å². The minimum atomic E-state index is -0.196. The summed E-state index contributed by atoms with van der Waals surface area (Å²) in [5, 5.41) is 0. The molecule has 0 spiro atoms. The van der Waals surface area contributed by atoms with E-state index in [4.69, 9.17) is 4.74 Å². The maximum atomic E-state index is 11.7. The second-order valence-corrected chi connectivity index (χ2v) is 6.23. The third kappa shape index (κ3) is 1.22. The second-order valence-electron chi connectivity index (χ2n) is 6.23. The fourth-order valence-electron chi connectivity index (χ4n) is 4.48. The monoisotopic (exact) mass is 220 g/mol. The molecule has 0 aromatic heterocycles. The SMILES string of the molecule is C=C(C)C(=O)OC1(C)C2CC3CC(C2)C1C3. The number of carbonyl (C=O) groups excluding carboxylic acids is 1. The van der Waals surface area contributed by atoms with E-state index in [9.17, 15) is 4.79 Å². The molecule has 16 heavy (non-hydrogen) atoms. The Hall–Kier alpha value is -0.790. The minimum absolute atomic E-state index is 0.187. The number of carbonyl (C=O) groups is 1. The highest BCUT2D eigenvalue weighted by molar-refractivity contribution is 5.87. The average Bonchev–Trinajstić information content (AvgIpc) is 2.60. The largest absolute Gasteiger partial charge is 0.455 e. The third-order valence-electron chi connectivity index (χ3n) is 5.21. The molecule has 5 atom stereocenters. The first kappa shape index (κ1) is 10.4. The first-order valence-corrected chi connectivity index (χ1v) is 6.39. The highest BCUT2D eigenvalue weighted by Gasteiger charge is 2.62. The molecule has 0 radical (unpaired) electrons. The Morgan fingerprint density at radius 2 is 2.06 bits per heavy atom. The lowest BCUT2D eigenvalue weighted by atomic mass is 9.73. The van der Waals surface area contributed by atoms with Gasteiger partial charge in [0.25, 0.3) is 0 Å². The number of rotatable bonds is 2. The van der Waals surface area contributed by atoms with Crippen molar-refractivity contribution in [2.24, 2.45) is 23.7 Å². The van der Waals surface area contributed by atoms with E-state index < -0.39 is 0 Å². The van der Waals surface area contributed by atoms with Crippen molar-refractivity contribution in [3.8, 4) is 0 Å². The van der Waals surface area contributed by atoms with Gasteiger partial charge < -0.3 is 4.74 Å². The van der Waals surface area contributed by atoms with E-state index in [1.165, 1.54) is 25.7 Å². The van der Waals surface area contributed by atoms with Gasteiger partial charge in [0, 0.05) is 11.5 Å². The van der Waals surface area contributed by atoms with Gasteiger partial charge >= 0.3 is 5.97 Å². The van der Waals surface area contributed by atoms with Crippen molar-refractivity contribution < 1.29 is 9.53 Å². The van der Waals surface area contributed by atoms with Gasteiger partial charge in [0.1, 0.15) is 5.60 Å². The highest BCUT2D eigenvalue weighted by Crippen LogP contribution is 2.63. The van der Waals surface area contributed by atoms with Crippen LogP contribution in [0.1, 0.15) is 39.5 Å². The lowest BCUT2D eigenvalue weighted by molar-refractivity contribution is -0.165. The van der Waals surface area contributed by atoms with E-state index in [1.54, 1.807) is 6.92 Å². The van der Waals surface area contributed by atoms with Crippen LogP contribution in [0.25, 0.3) is 0 Å². The first-order valence-electron chi connectivity index (χ1n) is 6.39. The molecule has 4 bridgehead atoms. The van der Waals surface area contributed by atoms with Gasteiger partial charge in [-0.25, -0.2) is 4.79 Å². The molecule has 5 unspecified atom stereocenters. The van der Waals surface area contributed by atoms with Crippen LogP contribution >= 0.6 is 0 Å². The molecule has 0 saturated heterocycles. The van der Waals surface area contributed by atoms with Crippen molar-refractivity contribution in [1.82, 2.24) is 0 Å². The van der Waals surface area contributed by atoms with Gasteiger partial charge in [0.15, 0.2) is 0 Å². The topological polar surface area (TPSA) is 26.3 Å². The molecule has 4 aliphatic carbocycles. The predicted molar refractivity (Wildman–Crippen MR) is 61.7 cm³/mol. The van der Waals surface area contributed by atoms with Gasteiger partial charge in [-0.2, -0.15) is 0 Å². The number of hydrogen-bond acceptors (Lipinski definition) is 2. The van der Waals surface area contributed by atoms with Crippen molar-refractivity contribution in [3.05, 3.63) is 12.2 Å². The molecule has 88 valence electrons. The van der Waals surface area contributed by atoms with Crippen molar-refractivity contribution in [2.45, 2.75) is 45.1 Å². The Labute approximate surface area is 97.1 Å². The molecular formula is C14H20O2. The molecule has 0 amide bonds. The van der Waals surface area contributed by atoms with Crippen LogP contribution in [-0.4, -0.2) is 11.6 Å². The summed E-state index contributed by atoms with van der Waals surface area (Å²) in [4.78, 5) is 11.7. The van der Waals surface area contributed by atoms with Crippen LogP contribution in [0.3, 0.4) is 0 Å². The standard InChI is InChI=1S/C14H20O2/c1-8(2)13(15)16-14(3)11-5-9-4-10(7-11)12(14)6-9/h9-12H,1,4-7H2,2-3H3. The molecule has 4 saturated carbocycles. The van der Waals surface area contributed by atoms with Crippen LogP contribution in [0.2, 0.25) is 0 Å². The second kappa shape index (κ2) is 3.12. The zero-order valence-electron chi connectivity index (χ0n) is 10.2. The lowest BCUT2D eigenvalue weighted by Crippen LogP contribution is -2.44. The van der Waals surface area contributed by atoms with E-state index >= 15 is 0 Å². The van der Waals surface area contributed by atoms with Crippen LogP contribution in [0.5, 0.6) is 0 Å². The average molecular weight is 220 g/mol. The Balaban J connectivity index is 1.83. The van der Waals surface area contributed by atoms with Crippen LogP contribution in [-0.2, 0) is 9.53 Å². The van der Waals surface area contributed by atoms with Crippen molar-refractivity contribution >= 4 is 5.97 Å². The van der Waals surface area contributed by atoms with Crippen LogP contribution in [0.15, 0.2) is 12.2 Å². The maximum Gasteiger partial charge on any atom is 0.333 e. The Bertz CT molecular complexity index is 356. The maximum absolute atomic E-state index is 11.7. The fraction of sp³-hybridized carbons (Fsp3) is 0.786. The molecule has 4 aliphatic rings. The van der Waals surface area contributed by atoms with Gasteiger partial charge in [-0.1, -0.05) is 6.58 Å². The Kier molecular flexibility index (Phi) is 2.02. The summed E-state index contributed by atoms with van der Waals surface area (Å²) in [5.41, 5.74) is 0.340. The van der Waals surface area contributed by atoms with Gasteiger partial charge in [0.2, 0.25) is 0 Å². The summed E-state index contributed by atoms with van der Waals surface area (Å²) in [6.07, 6.45) is 5.20. The first-order chi connectivity index (χ1) is 7.50. The molecule has 0 heterocycles. The highest BCUT2D eigenvalue weighted by atomic mass is 16.6. The van der Waals surface area contributed by atoms with E-state index in [1.807, 2.05) is 0 Å². The molecule has 2 heteroatoms. The summed E-state index contributed by atoms with van der Waals surface area (Å²) in [5.74, 6) is 2.79. The molecule has 0 aromatic rings. The summed E-state index contributed by atoms with van der Waals surface area (Å²) in [6, 6.07) is 0. The fourth-order valence-corrected chi connectivity index (χ4v) is 4.48. The van der Waals surface area contributed by atoms with Gasteiger partial charge in [-0.05, 0) is 57.3 Å². The molecule has 0 N–H and O–H groups in total. The van der Waals surface area contributed by atoms with Crippen molar-refractivity contribution in [1.29, 1.82) is 0 Å². The van der Waals surface area contributed by atoms with Gasteiger partial charge in [-0.3, -0.25) is 0 Å². The molecule has 4 fully saturated rings. The number of esters is 1. The summed E-state index contributed by atoms with van der Waals surface area (Å²) in [7, 11) is 0. The molecule has 0 aromatic carbocycles. The van der Waals surface area contributed by atoms with Crippen LogP contribution in [0.4, 0.5) is 0 Å². The van der Waals surface area contributed by atoms with Crippen molar-refractivity contribution in [3.63, 3.8) is 0 Å². The Morgan fingerprint density at radius 3 is 2.69 bits per heavy atom. The minimum Gasteiger partial charge on any atom is -0.455 e. The van der Waals surface area contributed by atoms with Crippen LogP contribution in [0, 0.1) is 23.7 Å². The predicted octanol–water partition coefficient (Wildman–Crippen LogP) is 2.93. The number of hydrogen-bond donors (Lipinski definition) is 0.